The molecule has 2 aliphatic heterocycles. The second-order valence-corrected chi connectivity index (χ2v) is 9.50. The molecule has 0 saturated carbocycles. The minimum absolute atomic E-state index is 0.128. The number of anilines is 1. The summed E-state index contributed by atoms with van der Waals surface area (Å²) in [5.74, 6) is 1.02. The monoisotopic (exact) mass is 437 g/mol. The van der Waals surface area contributed by atoms with Crippen LogP contribution < -0.4 is 14.8 Å². The molecular formula is C22H19N3O5S. The lowest BCUT2D eigenvalue weighted by Gasteiger charge is -2.12. The van der Waals surface area contributed by atoms with Gasteiger partial charge in [-0.15, -0.1) is 0 Å². The van der Waals surface area contributed by atoms with Crippen molar-refractivity contribution in [2.75, 3.05) is 12.1 Å². The van der Waals surface area contributed by atoms with Crippen molar-refractivity contribution in [3.63, 3.8) is 0 Å². The van der Waals surface area contributed by atoms with E-state index < -0.39 is 9.84 Å². The Morgan fingerprint density at radius 2 is 1.94 bits per heavy atom. The second kappa shape index (κ2) is 7.28. The molecule has 1 aromatic heterocycles. The third-order valence-corrected chi connectivity index (χ3v) is 6.64. The molecule has 0 saturated heterocycles. The topological polar surface area (TPSA) is 99.5 Å². The Balaban J connectivity index is 1.45. The van der Waals surface area contributed by atoms with E-state index in [-0.39, 0.29) is 24.2 Å². The number of carbonyl (C=O) groups is 1. The number of amides is 1. The fourth-order valence-corrected chi connectivity index (χ4v) is 5.19. The number of fused-ring (bicyclic) bond motifs is 2. The number of aromatic nitrogens is 2. The van der Waals surface area contributed by atoms with Crippen LogP contribution in [0.25, 0.3) is 11.8 Å². The Labute approximate surface area is 179 Å². The molecule has 9 heteroatoms. The predicted molar refractivity (Wildman–Crippen MR) is 115 cm³/mol. The molecule has 1 N–H and O–H groups in total. The summed E-state index contributed by atoms with van der Waals surface area (Å²) in [5.41, 5.74) is 3.52. The fraction of sp³-hybridized carbons (Fsp3) is 0.182. The highest BCUT2D eigenvalue weighted by atomic mass is 32.2. The first-order valence-corrected chi connectivity index (χ1v) is 11.5. The number of nitrogens with zero attached hydrogens (tertiary/aromatic N) is 2. The molecule has 0 radical (unpaired) electrons. The van der Waals surface area contributed by atoms with E-state index in [2.05, 4.69) is 10.4 Å². The summed E-state index contributed by atoms with van der Waals surface area (Å²) in [4.78, 5) is 12.7. The zero-order valence-corrected chi connectivity index (χ0v) is 17.5. The molecule has 0 atom stereocenters. The number of sulfone groups is 1. The number of aryl methyl sites for hydroxylation is 1. The van der Waals surface area contributed by atoms with Crippen molar-refractivity contribution < 1.29 is 22.7 Å². The van der Waals surface area contributed by atoms with Gasteiger partial charge in [0.05, 0.1) is 22.9 Å². The maximum atomic E-state index is 12.7. The smallest absolute Gasteiger partial charge is 0.249 e. The molecule has 3 aromatic rings. The average Bonchev–Trinajstić information content (AvgIpc) is 3.40. The Hall–Kier alpha value is -3.59. The van der Waals surface area contributed by atoms with Crippen molar-refractivity contribution >= 4 is 27.6 Å². The molecule has 0 spiro atoms. The van der Waals surface area contributed by atoms with E-state index in [4.69, 9.17) is 9.47 Å². The van der Waals surface area contributed by atoms with Crippen molar-refractivity contribution in [1.29, 1.82) is 0 Å². The van der Waals surface area contributed by atoms with Gasteiger partial charge < -0.3 is 14.8 Å². The first-order chi connectivity index (χ1) is 14.9. The van der Waals surface area contributed by atoms with Crippen molar-refractivity contribution in [2.24, 2.45) is 0 Å². The average molecular weight is 437 g/mol. The Kier molecular flexibility index (Phi) is 4.55. The van der Waals surface area contributed by atoms with E-state index in [0.29, 0.717) is 28.6 Å². The molecule has 2 aliphatic rings. The minimum atomic E-state index is -3.26. The number of carbonyl (C=O) groups excluding carboxylic acids is 1. The van der Waals surface area contributed by atoms with Crippen molar-refractivity contribution in [2.45, 2.75) is 18.4 Å². The zero-order valence-electron chi connectivity index (χ0n) is 16.7. The van der Waals surface area contributed by atoms with Crippen LogP contribution in [0.15, 0.2) is 48.5 Å². The summed E-state index contributed by atoms with van der Waals surface area (Å²) < 4.78 is 36.5. The first-order valence-electron chi connectivity index (χ1n) is 9.65. The predicted octanol–water partition coefficient (Wildman–Crippen LogP) is 2.99. The van der Waals surface area contributed by atoms with Crippen molar-refractivity contribution in [3.05, 3.63) is 70.9 Å². The Bertz CT molecular complexity index is 1340. The van der Waals surface area contributed by atoms with Crippen LogP contribution in [0.4, 0.5) is 5.82 Å². The van der Waals surface area contributed by atoms with Crippen LogP contribution in [0, 0.1) is 6.92 Å². The molecule has 158 valence electrons. The third kappa shape index (κ3) is 3.68. The van der Waals surface area contributed by atoms with Gasteiger partial charge in [0.1, 0.15) is 5.82 Å². The maximum Gasteiger partial charge on any atom is 0.249 e. The molecule has 0 bridgehead atoms. The molecule has 0 unspecified atom stereocenters. The number of nitrogens with one attached hydrogen (secondary N) is 1. The van der Waals surface area contributed by atoms with Gasteiger partial charge in [-0.3, -0.25) is 4.79 Å². The zero-order chi connectivity index (χ0) is 21.6. The van der Waals surface area contributed by atoms with Gasteiger partial charge in [-0.25, -0.2) is 13.1 Å². The number of benzene rings is 2. The molecule has 0 aliphatic carbocycles. The molecule has 0 fully saturated rings. The lowest BCUT2D eigenvalue weighted by Crippen LogP contribution is -2.15. The van der Waals surface area contributed by atoms with Crippen LogP contribution >= 0.6 is 0 Å². The van der Waals surface area contributed by atoms with E-state index in [1.54, 1.807) is 22.9 Å². The van der Waals surface area contributed by atoms with Gasteiger partial charge in [-0.1, -0.05) is 24.3 Å². The minimum Gasteiger partial charge on any atom is -0.454 e. The third-order valence-electron chi connectivity index (χ3n) is 5.20. The highest BCUT2D eigenvalue weighted by Gasteiger charge is 2.33. The maximum absolute atomic E-state index is 12.7. The van der Waals surface area contributed by atoms with Gasteiger partial charge in [0, 0.05) is 11.6 Å². The summed E-state index contributed by atoms with van der Waals surface area (Å²) in [6.07, 6.45) is 3.05. The van der Waals surface area contributed by atoms with Crippen LogP contribution in [0.5, 0.6) is 11.5 Å². The van der Waals surface area contributed by atoms with E-state index in [0.717, 1.165) is 16.8 Å². The molecule has 2 aromatic carbocycles. The summed E-state index contributed by atoms with van der Waals surface area (Å²) >= 11 is 0. The number of hydrogen-bond acceptors (Lipinski definition) is 6. The molecular weight excluding hydrogens is 418 g/mol. The summed E-state index contributed by atoms with van der Waals surface area (Å²) in [6.45, 7) is 2.11. The lowest BCUT2D eigenvalue weighted by atomic mass is 10.2. The highest BCUT2D eigenvalue weighted by Crippen LogP contribution is 2.34. The van der Waals surface area contributed by atoms with Gasteiger partial charge >= 0.3 is 0 Å². The van der Waals surface area contributed by atoms with Crippen molar-refractivity contribution in [1.82, 2.24) is 9.78 Å². The van der Waals surface area contributed by atoms with E-state index >= 15 is 0 Å². The number of para-hydroxylation sites is 1. The van der Waals surface area contributed by atoms with E-state index in [1.165, 1.54) is 6.08 Å². The molecule has 1 amide bonds. The Morgan fingerprint density at radius 3 is 2.77 bits per heavy atom. The van der Waals surface area contributed by atoms with Crippen LogP contribution in [0.3, 0.4) is 0 Å². The van der Waals surface area contributed by atoms with Crippen LogP contribution in [-0.2, 0) is 26.1 Å². The normalized spacial score (nSPS) is 15.9. The molecule has 8 nitrogen and oxygen atoms in total. The van der Waals surface area contributed by atoms with E-state index in [1.807, 2.05) is 37.3 Å². The van der Waals surface area contributed by atoms with Crippen LogP contribution in [-0.4, -0.2) is 30.9 Å². The van der Waals surface area contributed by atoms with Gasteiger partial charge in [0.15, 0.2) is 21.3 Å². The molecule has 31 heavy (non-hydrogen) atoms. The number of rotatable bonds is 4. The lowest BCUT2D eigenvalue weighted by molar-refractivity contribution is -0.111. The van der Waals surface area contributed by atoms with Crippen LogP contribution in [0.2, 0.25) is 0 Å². The molecule has 3 heterocycles. The van der Waals surface area contributed by atoms with Crippen molar-refractivity contribution in [3.8, 4) is 17.2 Å². The first kappa shape index (κ1) is 19.4. The quantitative estimate of drug-likeness (QED) is 0.630. The summed E-state index contributed by atoms with van der Waals surface area (Å²) in [6, 6.07) is 13.0. The van der Waals surface area contributed by atoms with Crippen LogP contribution in [0.1, 0.15) is 22.4 Å². The van der Waals surface area contributed by atoms with Gasteiger partial charge in [-0.05, 0) is 42.3 Å². The number of hydrogen-bond donors (Lipinski definition) is 1. The largest absolute Gasteiger partial charge is 0.454 e. The summed E-state index contributed by atoms with van der Waals surface area (Å²) in [5, 5.41) is 7.33. The van der Waals surface area contributed by atoms with Gasteiger partial charge in [-0.2, -0.15) is 5.10 Å². The van der Waals surface area contributed by atoms with E-state index in [9.17, 15) is 13.2 Å². The Morgan fingerprint density at radius 1 is 1.13 bits per heavy atom. The highest BCUT2D eigenvalue weighted by molar-refractivity contribution is 7.90. The second-order valence-electron chi connectivity index (χ2n) is 7.44. The SMILES string of the molecule is Cc1ccccc1-n1nc2c(c1NC(=O)/C=C/c1ccc3c(c1)OCO3)CS(=O)(=O)C2. The summed E-state index contributed by atoms with van der Waals surface area (Å²) in [7, 11) is -3.26. The standard InChI is InChI=1S/C22H19N3O5S/c1-14-4-2-3-5-18(14)25-22(16-11-31(27,28)12-17(16)24-25)23-21(26)9-7-15-6-8-19-20(10-15)30-13-29-19/h2-10H,11-13H2,1H3,(H,23,26)/b9-7+. The number of ether oxygens (including phenoxy) is 2. The molecule has 5 rings (SSSR count). The van der Waals surface area contributed by atoms with Gasteiger partial charge in [0.25, 0.3) is 0 Å². The van der Waals surface area contributed by atoms with Gasteiger partial charge in [0.2, 0.25) is 12.7 Å². The fourth-order valence-electron chi connectivity index (χ4n) is 3.69.